The molecule has 0 saturated carbocycles. The van der Waals surface area contributed by atoms with Gasteiger partial charge in [-0.1, -0.05) is 12.1 Å². The molecule has 2 nitrogen and oxygen atoms in total. The van der Waals surface area contributed by atoms with Crippen LogP contribution in [0, 0.1) is 0 Å². The maximum atomic E-state index is 12.4. The lowest BCUT2D eigenvalue weighted by Gasteiger charge is -2.27. The molecule has 5 heteroatoms. The van der Waals surface area contributed by atoms with Crippen molar-refractivity contribution in [2.24, 2.45) is 0 Å². The van der Waals surface area contributed by atoms with Crippen molar-refractivity contribution in [3.8, 4) is 0 Å². The first kappa shape index (κ1) is 17.0. The SMILES string of the molecule is COC(C)(C)CC(C)NCc1ccc(C(F)(F)F)cc1. The van der Waals surface area contributed by atoms with Crippen LogP contribution in [0.4, 0.5) is 13.2 Å². The molecule has 0 aliphatic carbocycles. The van der Waals surface area contributed by atoms with Gasteiger partial charge in [0.1, 0.15) is 0 Å². The number of nitrogens with one attached hydrogen (secondary N) is 1. The van der Waals surface area contributed by atoms with Gasteiger partial charge >= 0.3 is 6.18 Å². The molecule has 0 radical (unpaired) electrons. The summed E-state index contributed by atoms with van der Waals surface area (Å²) in [6.45, 7) is 6.58. The van der Waals surface area contributed by atoms with Gasteiger partial charge in [0.15, 0.2) is 0 Å². The first-order valence-electron chi connectivity index (χ1n) is 6.59. The molecular weight excluding hydrogens is 267 g/mol. The highest BCUT2D eigenvalue weighted by Gasteiger charge is 2.29. The van der Waals surface area contributed by atoms with E-state index in [2.05, 4.69) is 5.32 Å². The molecule has 0 saturated heterocycles. The third-order valence-electron chi connectivity index (χ3n) is 3.29. The zero-order valence-electron chi connectivity index (χ0n) is 12.3. The fourth-order valence-electron chi connectivity index (χ4n) is 2.00. The lowest BCUT2D eigenvalue weighted by molar-refractivity contribution is -0.137. The molecule has 0 amide bonds. The first-order chi connectivity index (χ1) is 9.14. The van der Waals surface area contributed by atoms with Crippen molar-refractivity contribution in [1.29, 1.82) is 0 Å². The monoisotopic (exact) mass is 289 g/mol. The van der Waals surface area contributed by atoms with Crippen molar-refractivity contribution in [1.82, 2.24) is 5.32 Å². The highest BCUT2D eigenvalue weighted by Crippen LogP contribution is 2.29. The van der Waals surface area contributed by atoms with E-state index in [0.717, 1.165) is 24.1 Å². The number of rotatable bonds is 6. The van der Waals surface area contributed by atoms with Crippen LogP contribution >= 0.6 is 0 Å². The van der Waals surface area contributed by atoms with E-state index in [1.54, 1.807) is 7.11 Å². The van der Waals surface area contributed by atoms with E-state index in [4.69, 9.17) is 4.74 Å². The average molecular weight is 289 g/mol. The summed E-state index contributed by atoms with van der Waals surface area (Å²) in [6.07, 6.45) is -3.45. The Morgan fingerprint density at radius 3 is 2.15 bits per heavy atom. The molecule has 1 rings (SSSR count). The quantitative estimate of drug-likeness (QED) is 0.854. The van der Waals surface area contributed by atoms with Crippen LogP contribution in [0.25, 0.3) is 0 Å². The number of hydrogen-bond acceptors (Lipinski definition) is 2. The van der Waals surface area contributed by atoms with E-state index in [1.807, 2.05) is 20.8 Å². The van der Waals surface area contributed by atoms with Crippen LogP contribution in [0.15, 0.2) is 24.3 Å². The standard InChI is InChI=1S/C15H22F3NO/c1-11(9-14(2,3)20-4)19-10-12-5-7-13(8-6-12)15(16,17)18/h5-8,11,19H,9-10H2,1-4H3. The summed E-state index contributed by atoms with van der Waals surface area (Å²) in [7, 11) is 1.67. The van der Waals surface area contributed by atoms with Crippen molar-refractivity contribution >= 4 is 0 Å². The highest BCUT2D eigenvalue weighted by molar-refractivity contribution is 5.24. The van der Waals surface area contributed by atoms with Crippen molar-refractivity contribution in [2.45, 2.75) is 51.6 Å². The number of ether oxygens (including phenoxy) is 1. The molecule has 1 unspecified atom stereocenters. The Kier molecular flexibility index (Phi) is 5.59. The molecule has 0 heterocycles. The Hall–Kier alpha value is -1.07. The van der Waals surface area contributed by atoms with Gasteiger partial charge in [-0.15, -0.1) is 0 Å². The summed E-state index contributed by atoms with van der Waals surface area (Å²) >= 11 is 0. The summed E-state index contributed by atoms with van der Waals surface area (Å²) in [5.41, 5.74) is 0.00177. The molecule has 1 aromatic carbocycles. The second-order valence-electron chi connectivity index (χ2n) is 5.64. The third kappa shape index (κ3) is 5.51. The fraction of sp³-hybridized carbons (Fsp3) is 0.600. The van der Waals surface area contributed by atoms with Crippen LogP contribution in [0.1, 0.15) is 38.3 Å². The second kappa shape index (κ2) is 6.59. The molecule has 0 aromatic heterocycles. The zero-order chi connectivity index (χ0) is 15.4. The van der Waals surface area contributed by atoms with Gasteiger partial charge in [-0.25, -0.2) is 0 Å². The number of benzene rings is 1. The summed E-state index contributed by atoms with van der Waals surface area (Å²) in [6, 6.07) is 5.45. The molecule has 114 valence electrons. The molecule has 0 aliphatic heterocycles. The molecule has 1 N–H and O–H groups in total. The van der Waals surface area contributed by atoms with Gasteiger partial charge in [-0.05, 0) is 44.9 Å². The molecular formula is C15H22F3NO. The van der Waals surface area contributed by atoms with E-state index >= 15 is 0 Å². The summed E-state index contributed by atoms with van der Waals surface area (Å²) in [4.78, 5) is 0. The molecule has 20 heavy (non-hydrogen) atoms. The molecule has 0 aliphatic rings. The minimum atomic E-state index is -4.28. The van der Waals surface area contributed by atoms with Crippen LogP contribution in [-0.4, -0.2) is 18.8 Å². The Morgan fingerprint density at radius 1 is 1.15 bits per heavy atom. The van der Waals surface area contributed by atoms with Gasteiger partial charge < -0.3 is 10.1 Å². The van der Waals surface area contributed by atoms with Gasteiger partial charge in [0, 0.05) is 19.7 Å². The Balaban J connectivity index is 2.50. The fourth-order valence-corrected chi connectivity index (χ4v) is 2.00. The number of hydrogen-bond donors (Lipinski definition) is 1. The summed E-state index contributed by atoms with van der Waals surface area (Å²) < 4.78 is 42.6. The zero-order valence-corrected chi connectivity index (χ0v) is 12.3. The van der Waals surface area contributed by atoms with E-state index in [1.165, 1.54) is 12.1 Å². The topological polar surface area (TPSA) is 21.3 Å². The normalized spacial score (nSPS) is 14.3. The number of methoxy groups -OCH3 is 1. The minimum Gasteiger partial charge on any atom is -0.379 e. The Morgan fingerprint density at radius 2 is 1.70 bits per heavy atom. The van der Waals surface area contributed by atoms with Gasteiger partial charge in [-0.2, -0.15) is 13.2 Å². The van der Waals surface area contributed by atoms with Crippen LogP contribution in [-0.2, 0) is 17.5 Å². The summed E-state index contributed by atoms with van der Waals surface area (Å²) in [5, 5.41) is 3.29. The Labute approximate surface area is 118 Å². The van der Waals surface area contributed by atoms with Crippen molar-refractivity contribution in [3.05, 3.63) is 35.4 Å². The lowest BCUT2D eigenvalue weighted by Crippen LogP contribution is -2.35. The van der Waals surface area contributed by atoms with Gasteiger partial charge in [-0.3, -0.25) is 0 Å². The molecule has 0 spiro atoms. The maximum absolute atomic E-state index is 12.4. The second-order valence-corrected chi connectivity index (χ2v) is 5.64. The average Bonchev–Trinajstić information content (AvgIpc) is 2.35. The lowest BCUT2D eigenvalue weighted by atomic mass is 9.99. The number of alkyl halides is 3. The maximum Gasteiger partial charge on any atom is 0.416 e. The van der Waals surface area contributed by atoms with Crippen LogP contribution < -0.4 is 5.32 Å². The van der Waals surface area contributed by atoms with Crippen LogP contribution in [0.2, 0.25) is 0 Å². The number of halogens is 3. The smallest absolute Gasteiger partial charge is 0.379 e. The largest absolute Gasteiger partial charge is 0.416 e. The molecule has 0 bridgehead atoms. The van der Waals surface area contributed by atoms with Crippen molar-refractivity contribution in [2.75, 3.05) is 7.11 Å². The van der Waals surface area contributed by atoms with Crippen molar-refractivity contribution in [3.63, 3.8) is 0 Å². The van der Waals surface area contributed by atoms with Gasteiger partial charge in [0.05, 0.1) is 11.2 Å². The molecule has 1 atom stereocenters. The third-order valence-corrected chi connectivity index (χ3v) is 3.29. The van der Waals surface area contributed by atoms with Gasteiger partial charge in [0.25, 0.3) is 0 Å². The molecule has 0 fully saturated rings. The van der Waals surface area contributed by atoms with E-state index in [0.29, 0.717) is 6.54 Å². The van der Waals surface area contributed by atoms with E-state index in [-0.39, 0.29) is 11.6 Å². The van der Waals surface area contributed by atoms with E-state index in [9.17, 15) is 13.2 Å². The van der Waals surface area contributed by atoms with Crippen molar-refractivity contribution < 1.29 is 17.9 Å². The van der Waals surface area contributed by atoms with E-state index < -0.39 is 11.7 Å². The van der Waals surface area contributed by atoms with Crippen LogP contribution in [0.5, 0.6) is 0 Å². The van der Waals surface area contributed by atoms with Gasteiger partial charge in [0.2, 0.25) is 0 Å². The molecule has 1 aromatic rings. The van der Waals surface area contributed by atoms with Crippen LogP contribution in [0.3, 0.4) is 0 Å². The minimum absolute atomic E-state index is 0.215. The Bertz CT molecular complexity index is 412. The highest BCUT2D eigenvalue weighted by atomic mass is 19.4. The predicted octanol–water partition coefficient (Wildman–Crippen LogP) is 4.00. The summed E-state index contributed by atoms with van der Waals surface area (Å²) in [5.74, 6) is 0. The first-order valence-corrected chi connectivity index (χ1v) is 6.59. The predicted molar refractivity (Wildman–Crippen MR) is 73.5 cm³/mol.